The Morgan fingerprint density at radius 2 is 1.73 bits per heavy atom. The first-order valence-electron chi connectivity index (χ1n) is 6.84. The van der Waals surface area contributed by atoms with Crippen LogP contribution in [0.4, 0.5) is 5.69 Å². The molecule has 3 nitrogen and oxygen atoms in total. The highest BCUT2D eigenvalue weighted by atomic mass is 35.5. The van der Waals surface area contributed by atoms with Gasteiger partial charge in [-0.25, -0.2) is 0 Å². The first-order chi connectivity index (χ1) is 10.5. The number of carbonyl (C=O) groups excluding carboxylic acids is 1. The van der Waals surface area contributed by atoms with Gasteiger partial charge in [-0.2, -0.15) is 0 Å². The van der Waals surface area contributed by atoms with E-state index in [-0.39, 0.29) is 11.7 Å². The molecule has 0 heterocycles. The molecule has 0 aliphatic heterocycles. The molecule has 0 aromatic heterocycles. The molecule has 1 amide bonds. The fourth-order valence-corrected chi connectivity index (χ4v) is 2.44. The predicted octanol–water partition coefficient (Wildman–Crippen LogP) is 4.76. The van der Waals surface area contributed by atoms with Gasteiger partial charge >= 0.3 is 0 Å². The molecule has 3 aromatic rings. The minimum atomic E-state index is -0.313. The van der Waals surface area contributed by atoms with Gasteiger partial charge in [0.2, 0.25) is 0 Å². The average Bonchev–Trinajstić information content (AvgIpc) is 2.50. The van der Waals surface area contributed by atoms with Crippen molar-refractivity contribution in [3.63, 3.8) is 0 Å². The molecule has 0 aliphatic carbocycles. The fraction of sp³-hybridized carbons (Fsp3) is 0.0556. The van der Waals surface area contributed by atoms with Gasteiger partial charge in [-0.15, -0.1) is 0 Å². The van der Waals surface area contributed by atoms with Gasteiger partial charge in [-0.05, 0) is 47.5 Å². The lowest BCUT2D eigenvalue weighted by Crippen LogP contribution is -2.12. The summed E-state index contributed by atoms with van der Waals surface area (Å²) in [7, 11) is 0. The third-order valence-electron chi connectivity index (χ3n) is 3.55. The van der Waals surface area contributed by atoms with Crippen molar-refractivity contribution in [1.29, 1.82) is 0 Å². The van der Waals surface area contributed by atoms with Crippen LogP contribution in [0.2, 0.25) is 5.02 Å². The van der Waals surface area contributed by atoms with Gasteiger partial charge in [0.1, 0.15) is 5.75 Å². The van der Waals surface area contributed by atoms with Crippen molar-refractivity contribution < 1.29 is 9.90 Å². The van der Waals surface area contributed by atoms with E-state index in [4.69, 9.17) is 11.6 Å². The molecule has 0 saturated carbocycles. The molecule has 0 spiro atoms. The minimum absolute atomic E-state index is 0.0326. The van der Waals surface area contributed by atoms with Crippen LogP contribution >= 0.6 is 11.6 Å². The zero-order valence-electron chi connectivity index (χ0n) is 11.9. The Morgan fingerprint density at radius 1 is 1.05 bits per heavy atom. The summed E-state index contributed by atoms with van der Waals surface area (Å²) < 4.78 is 0. The standard InChI is InChI=1S/C18H14ClNO2/c1-11-6-7-14(8-15(11)19)18(22)20-16-9-12-4-2-3-5-13(12)10-17(16)21/h2-10,21H,1H3,(H,20,22). The van der Waals surface area contributed by atoms with Gasteiger partial charge in [0, 0.05) is 10.6 Å². The monoisotopic (exact) mass is 311 g/mol. The maximum Gasteiger partial charge on any atom is 0.255 e. The van der Waals surface area contributed by atoms with Crippen LogP contribution in [0.3, 0.4) is 0 Å². The normalized spacial score (nSPS) is 10.6. The SMILES string of the molecule is Cc1ccc(C(=O)Nc2cc3ccccc3cc2O)cc1Cl. The third kappa shape index (κ3) is 2.76. The van der Waals surface area contributed by atoms with E-state index in [1.165, 1.54) is 0 Å². The number of rotatable bonds is 2. The second-order valence-corrected chi connectivity index (χ2v) is 5.54. The maximum absolute atomic E-state index is 12.3. The highest BCUT2D eigenvalue weighted by Gasteiger charge is 2.11. The molecule has 0 radical (unpaired) electrons. The molecule has 110 valence electrons. The highest BCUT2D eigenvalue weighted by molar-refractivity contribution is 6.31. The molecular weight excluding hydrogens is 298 g/mol. The van der Waals surface area contributed by atoms with Crippen LogP contribution in [0.25, 0.3) is 10.8 Å². The molecule has 22 heavy (non-hydrogen) atoms. The second-order valence-electron chi connectivity index (χ2n) is 5.13. The summed E-state index contributed by atoms with van der Waals surface area (Å²) in [6, 6.07) is 16.1. The number of hydrogen-bond donors (Lipinski definition) is 2. The smallest absolute Gasteiger partial charge is 0.255 e. The van der Waals surface area contributed by atoms with E-state index in [1.807, 2.05) is 31.2 Å². The van der Waals surface area contributed by atoms with Gasteiger partial charge in [0.15, 0.2) is 0 Å². The molecule has 3 aromatic carbocycles. The molecule has 2 N–H and O–H groups in total. The van der Waals surface area contributed by atoms with Crippen molar-refractivity contribution in [2.75, 3.05) is 5.32 Å². The van der Waals surface area contributed by atoms with Gasteiger partial charge in [0.05, 0.1) is 5.69 Å². The molecule has 0 atom stereocenters. The highest BCUT2D eigenvalue weighted by Crippen LogP contribution is 2.29. The van der Waals surface area contributed by atoms with Crippen molar-refractivity contribution in [1.82, 2.24) is 0 Å². The van der Waals surface area contributed by atoms with Crippen LogP contribution in [-0.2, 0) is 0 Å². The summed E-state index contributed by atoms with van der Waals surface area (Å²) in [6.45, 7) is 1.87. The van der Waals surface area contributed by atoms with Gasteiger partial charge in [0.25, 0.3) is 5.91 Å². The lowest BCUT2D eigenvalue weighted by atomic mass is 10.1. The number of halogens is 1. The van der Waals surface area contributed by atoms with E-state index < -0.39 is 0 Å². The predicted molar refractivity (Wildman–Crippen MR) is 89.8 cm³/mol. The number of carbonyl (C=O) groups is 1. The van der Waals surface area contributed by atoms with Crippen molar-refractivity contribution in [3.8, 4) is 5.75 Å². The summed E-state index contributed by atoms with van der Waals surface area (Å²) in [5, 5.41) is 15.2. The van der Waals surface area contributed by atoms with Gasteiger partial charge < -0.3 is 10.4 Å². The molecule has 3 rings (SSSR count). The first-order valence-corrected chi connectivity index (χ1v) is 7.21. The van der Waals surface area contributed by atoms with Gasteiger partial charge in [-0.3, -0.25) is 4.79 Å². The lowest BCUT2D eigenvalue weighted by molar-refractivity contribution is 0.102. The van der Waals surface area contributed by atoms with Crippen molar-refractivity contribution in [2.24, 2.45) is 0 Å². The number of amides is 1. The first kappa shape index (κ1) is 14.4. The summed E-state index contributed by atoms with van der Waals surface area (Å²) in [4.78, 5) is 12.3. The summed E-state index contributed by atoms with van der Waals surface area (Å²) in [5.41, 5.74) is 1.73. The average molecular weight is 312 g/mol. The molecule has 0 fully saturated rings. The Hall–Kier alpha value is -2.52. The molecule has 0 unspecified atom stereocenters. The fourth-order valence-electron chi connectivity index (χ4n) is 2.26. The van der Waals surface area contributed by atoms with E-state index in [9.17, 15) is 9.90 Å². The van der Waals surface area contributed by atoms with Crippen LogP contribution in [0.15, 0.2) is 54.6 Å². The molecule has 0 aliphatic rings. The maximum atomic E-state index is 12.3. The largest absolute Gasteiger partial charge is 0.506 e. The molecule has 0 saturated heterocycles. The van der Waals surface area contributed by atoms with Crippen LogP contribution in [0, 0.1) is 6.92 Å². The summed E-state index contributed by atoms with van der Waals surface area (Å²) in [5.74, 6) is -0.280. The third-order valence-corrected chi connectivity index (χ3v) is 3.95. The van der Waals surface area contributed by atoms with E-state index in [2.05, 4.69) is 5.32 Å². The lowest BCUT2D eigenvalue weighted by Gasteiger charge is -2.10. The zero-order chi connectivity index (χ0) is 15.7. The van der Waals surface area contributed by atoms with Gasteiger partial charge in [-0.1, -0.05) is 41.9 Å². The number of aryl methyl sites for hydroxylation is 1. The summed E-state index contributed by atoms with van der Waals surface area (Å²) in [6.07, 6.45) is 0. The quantitative estimate of drug-likeness (QED) is 0.670. The molecule has 0 bridgehead atoms. The second kappa shape index (κ2) is 5.70. The Bertz CT molecular complexity index is 874. The number of phenols is 1. The number of anilines is 1. The Balaban J connectivity index is 1.93. The number of phenolic OH excluding ortho intramolecular Hbond substituents is 1. The van der Waals surface area contributed by atoms with Crippen LogP contribution < -0.4 is 5.32 Å². The van der Waals surface area contributed by atoms with Crippen LogP contribution in [-0.4, -0.2) is 11.0 Å². The minimum Gasteiger partial charge on any atom is -0.506 e. The molecular formula is C18H14ClNO2. The van der Waals surface area contributed by atoms with E-state index in [0.717, 1.165) is 16.3 Å². The van der Waals surface area contributed by atoms with Crippen molar-refractivity contribution >= 4 is 34.0 Å². The van der Waals surface area contributed by atoms with Crippen molar-refractivity contribution in [3.05, 3.63) is 70.7 Å². The topological polar surface area (TPSA) is 49.3 Å². The van der Waals surface area contributed by atoms with E-state index in [0.29, 0.717) is 16.3 Å². The van der Waals surface area contributed by atoms with Crippen LogP contribution in [0.5, 0.6) is 5.75 Å². The number of aromatic hydroxyl groups is 1. The van der Waals surface area contributed by atoms with E-state index in [1.54, 1.807) is 30.3 Å². The number of hydrogen-bond acceptors (Lipinski definition) is 2. The Kier molecular flexibility index (Phi) is 3.73. The number of nitrogens with one attached hydrogen (secondary N) is 1. The van der Waals surface area contributed by atoms with Crippen molar-refractivity contribution in [2.45, 2.75) is 6.92 Å². The molecule has 4 heteroatoms. The van der Waals surface area contributed by atoms with Crippen LogP contribution in [0.1, 0.15) is 15.9 Å². The number of fused-ring (bicyclic) bond motifs is 1. The Labute approximate surface area is 133 Å². The van der Waals surface area contributed by atoms with E-state index >= 15 is 0 Å². The zero-order valence-corrected chi connectivity index (χ0v) is 12.7. The number of benzene rings is 3. The summed E-state index contributed by atoms with van der Waals surface area (Å²) >= 11 is 6.04. The Morgan fingerprint density at radius 3 is 2.41 bits per heavy atom.